The van der Waals surface area contributed by atoms with Crippen LogP contribution in [0.2, 0.25) is 0 Å². The molecule has 3 heterocycles. The number of nitrogens with two attached hydrogens (primary N) is 1. The van der Waals surface area contributed by atoms with Crippen molar-refractivity contribution in [2.24, 2.45) is 0 Å². The zero-order valence-electron chi connectivity index (χ0n) is 17.7. The number of nitrogens with one attached hydrogen (secondary N) is 1. The molecule has 8 nitrogen and oxygen atoms in total. The van der Waals surface area contributed by atoms with Crippen molar-refractivity contribution < 1.29 is 4.74 Å². The summed E-state index contributed by atoms with van der Waals surface area (Å²) in [7, 11) is 0. The van der Waals surface area contributed by atoms with Crippen molar-refractivity contribution >= 4 is 17.6 Å². The molecule has 3 N–H and O–H groups in total. The van der Waals surface area contributed by atoms with Gasteiger partial charge in [-0.15, -0.1) is 5.10 Å². The number of ether oxygens (including phenoxy) is 1. The van der Waals surface area contributed by atoms with E-state index in [1.165, 1.54) is 35.9 Å². The summed E-state index contributed by atoms with van der Waals surface area (Å²) in [5.41, 5.74) is 8.38. The molecule has 0 amide bonds. The molecule has 0 bridgehead atoms. The van der Waals surface area contributed by atoms with Crippen LogP contribution in [-0.2, 0) is 4.74 Å². The first kappa shape index (κ1) is 20.0. The Hall–Kier alpha value is -2.97. The first-order chi connectivity index (χ1) is 15.3. The quantitative estimate of drug-likeness (QED) is 0.655. The maximum Gasteiger partial charge on any atom is 0.248 e. The highest BCUT2D eigenvalue weighted by atomic mass is 16.5. The molecule has 3 aromatic rings. The average molecular weight is 420 g/mol. The number of benzene rings is 1. The molecular formula is C23H29N7O. The molecule has 0 atom stereocenters. The van der Waals surface area contributed by atoms with E-state index in [9.17, 15) is 0 Å². The molecule has 2 fully saturated rings. The first-order valence-electron chi connectivity index (χ1n) is 11.1. The van der Waals surface area contributed by atoms with Crippen LogP contribution >= 0.6 is 0 Å². The Labute approximate surface area is 182 Å². The number of anilines is 3. The van der Waals surface area contributed by atoms with Crippen molar-refractivity contribution in [3.63, 3.8) is 0 Å². The van der Waals surface area contributed by atoms with Crippen LogP contribution in [-0.4, -0.2) is 57.0 Å². The Bertz CT molecular complexity index is 975. The topological polar surface area (TPSA) is 94.1 Å². The Balaban J connectivity index is 1.19. The highest BCUT2D eigenvalue weighted by molar-refractivity contribution is 5.55. The van der Waals surface area contributed by atoms with Gasteiger partial charge < -0.3 is 15.8 Å². The van der Waals surface area contributed by atoms with Gasteiger partial charge in [0, 0.05) is 31.0 Å². The van der Waals surface area contributed by atoms with Gasteiger partial charge in [-0.25, -0.2) is 4.98 Å². The third-order valence-electron chi connectivity index (χ3n) is 6.40. The molecule has 2 aromatic heterocycles. The number of hydrogen-bond donors (Lipinski definition) is 2. The molecule has 1 saturated carbocycles. The largest absolute Gasteiger partial charge is 0.379 e. The summed E-state index contributed by atoms with van der Waals surface area (Å²) in [5.74, 6) is 2.05. The van der Waals surface area contributed by atoms with Gasteiger partial charge in [-0.05, 0) is 61.4 Å². The van der Waals surface area contributed by atoms with Gasteiger partial charge in [0.05, 0.1) is 13.2 Å². The van der Waals surface area contributed by atoms with Crippen molar-refractivity contribution in [1.82, 2.24) is 24.6 Å². The highest BCUT2D eigenvalue weighted by Crippen LogP contribution is 2.35. The van der Waals surface area contributed by atoms with Crippen molar-refractivity contribution in [1.29, 1.82) is 0 Å². The minimum Gasteiger partial charge on any atom is -0.379 e. The van der Waals surface area contributed by atoms with Crippen LogP contribution in [0.15, 0.2) is 48.7 Å². The molecule has 0 spiro atoms. The van der Waals surface area contributed by atoms with E-state index in [1.807, 2.05) is 18.2 Å². The fraction of sp³-hybridized carbons (Fsp3) is 0.435. The second kappa shape index (κ2) is 9.03. The van der Waals surface area contributed by atoms with Crippen LogP contribution in [0.25, 0.3) is 5.82 Å². The lowest BCUT2D eigenvalue weighted by Gasteiger charge is -2.38. The van der Waals surface area contributed by atoms with E-state index >= 15 is 0 Å². The van der Waals surface area contributed by atoms with E-state index in [0.717, 1.165) is 38.0 Å². The lowest BCUT2D eigenvalue weighted by atomic mass is 9.81. The molecule has 162 valence electrons. The van der Waals surface area contributed by atoms with E-state index in [0.29, 0.717) is 23.6 Å². The normalized spacial score (nSPS) is 22.3. The number of rotatable bonds is 5. The predicted octanol–water partition coefficient (Wildman–Crippen LogP) is 3.35. The fourth-order valence-electron chi connectivity index (χ4n) is 4.71. The number of aromatic nitrogens is 4. The number of pyridine rings is 1. The molecule has 0 radical (unpaired) electrons. The molecule has 1 aliphatic carbocycles. The fourth-order valence-corrected chi connectivity index (χ4v) is 4.71. The number of nitrogens with zero attached hydrogens (tertiary/aromatic N) is 5. The lowest BCUT2D eigenvalue weighted by molar-refractivity contribution is 0.00730. The van der Waals surface area contributed by atoms with Gasteiger partial charge in [-0.1, -0.05) is 18.2 Å². The molecule has 1 aromatic carbocycles. The number of morpholine rings is 1. The van der Waals surface area contributed by atoms with Gasteiger partial charge in [-0.2, -0.15) is 9.67 Å². The molecule has 2 aliphatic rings. The molecular weight excluding hydrogens is 390 g/mol. The van der Waals surface area contributed by atoms with Crippen LogP contribution in [0.1, 0.15) is 37.2 Å². The van der Waals surface area contributed by atoms with Crippen molar-refractivity contribution in [3.8, 4) is 5.82 Å². The zero-order chi connectivity index (χ0) is 21.0. The van der Waals surface area contributed by atoms with E-state index < -0.39 is 0 Å². The standard InChI is InChI=1S/C23H29N7O/c24-22-27-23(28-30(22)21-3-1-2-12-25-21)26-19-8-4-17(5-9-19)18-6-10-20(11-7-18)29-13-15-31-16-14-29/h1-5,8-9,12,18,20H,6-7,10-11,13-16H2,(H3,24,26,27,28)/t18-,20+. The zero-order valence-corrected chi connectivity index (χ0v) is 17.7. The van der Waals surface area contributed by atoms with Crippen LogP contribution in [0.3, 0.4) is 0 Å². The summed E-state index contributed by atoms with van der Waals surface area (Å²) in [5, 5.41) is 7.68. The van der Waals surface area contributed by atoms with Crippen LogP contribution in [0.5, 0.6) is 0 Å². The monoisotopic (exact) mass is 419 g/mol. The van der Waals surface area contributed by atoms with Gasteiger partial charge in [0.25, 0.3) is 0 Å². The summed E-state index contributed by atoms with van der Waals surface area (Å²) in [6, 6.07) is 15.0. The second-order valence-electron chi connectivity index (χ2n) is 8.29. The van der Waals surface area contributed by atoms with Crippen molar-refractivity contribution in [2.75, 3.05) is 37.4 Å². The molecule has 1 saturated heterocycles. The first-order valence-corrected chi connectivity index (χ1v) is 11.1. The maximum atomic E-state index is 6.01. The smallest absolute Gasteiger partial charge is 0.248 e. The molecule has 1 aliphatic heterocycles. The summed E-state index contributed by atoms with van der Waals surface area (Å²) < 4.78 is 7.03. The number of hydrogen-bond acceptors (Lipinski definition) is 7. The summed E-state index contributed by atoms with van der Waals surface area (Å²) in [6.45, 7) is 3.94. The third-order valence-corrected chi connectivity index (χ3v) is 6.40. The minimum atomic E-state index is 0.301. The second-order valence-corrected chi connectivity index (χ2v) is 8.29. The van der Waals surface area contributed by atoms with Crippen LogP contribution < -0.4 is 11.1 Å². The van der Waals surface area contributed by atoms with Gasteiger partial charge in [-0.3, -0.25) is 4.90 Å². The highest BCUT2D eigenvalue weighted by Gasteiger charge is 2.27. The van der Waals surface area contributed by atoms with Crippen LogP contribution in [0.4, 0.5) is 17.6 Å². The minimum absolute atomic E-state index is 0.301. The number of nitrogen functional groups attached to an aromatic ring is 1. The van der Waals surface area contributed by atoms with E-state index in [-0.39, 0.29) is 0 Å². The van der Waals surface area contributed by atoms with Crippen molar-refractivity contribution in [2.45, 2.75) is 37.6 Å². The van der Waals surface area contributed by atoms with Gasteiger partial charge in [0.2, 0.25) is 11.9 Å². The van der Waals surface area contributed by atoms with E-state index in [2.05, 4.69) is 49.5 Å². The Morgan fingerprint density at radius 1 is 0.968 bits per heavy atom. The molecule has 0 unspecified atom stereocenters. The maximum absolute atomic E-state index is 6.01. The molecule has 5 rings (SSSR count). The van der Waals surface area contributed by atoms with Gasteiger partial charge in [0.1, 0.15) is 0 Å². The van der Waals surface area contributed by atoms with Gasteiger partial charge >= 0.3 is 0 Å². The van der Waals surface area contributed by atoms with Crippen LogP contribution in [0, 0.1) is 0 Å². The van der Waals surface area contributed by atoms with Crippen molar-refractivity contribution in [3.05, 3.63) is 54.2 Å². The Morgan fingerprint density at radius 3 is 2.45 bits per heavy atom. The summed E-state index contributed by atoms with van der Waals surface area (Å²) >= 11 is 0. The lowest BCUT2D eigenvalue weighted by Crippen LogP contribution is -2.44. The predicted molar refractivity (Wildman–Crippen MR) is 121 cm³/mol. The summed E-state index contributed by atoms with van der Waals surface area (Å²) in [4.78, 5) is 11.2. The Morgan fingerprint density at radius 2 is 1.74 bits per heavy atom. The van der Waals surface area contributed by atoms with Gasteiger partial charge in [0.15, 0.2) is 5.82 Å². The van der Waals surface area contributed by atoms with E-state index in [4.69, 9.17) is 10.5 Å². The molecule has 8 heteroatoms. The SMILES string of the molecule is Nc1nc(Nc2ccc([C@H]3CC[C@@H](N4CCOCC4)CC3)cc2)nn1-c1ccccn1. The summed E-state index contributed by atoms with van der Waals surface area (Å²) in [6.07, 6.45) is 6.76. The Kier molecular flexibility index (Phi) is 5.82. The molecule has 31 heavy (non-hydrogen) atoms. The average Bonchev–Trinajstić information content (AvgIpc) is 3.21. The van der Waals surface area contributed by atoms with E-state index in [1.54, 1.807) is 6.20 Å². The third kappa shape index (κ3) is 4.55.